The normalized spacial score (nSPS) is 12.5. The smallest absolute Gasteiger partial charge is 0.184 e. The number of rotatable bonds is 8. The minimum absolute atomic E-state index is 0.196. The highest BCUT2D eigenvalue weighted by Crippen LogP contribution is 2.22. The number of hydrogen-bond donors (Lipinski definition) is 0. The molecule has 2 aromatic carbocycles. The molecule has 0 fully saturated rings. The largest absolute Gasteiger partial charge is 0.277 e. The minimum Gasteiger partial charge on any atom is -0.277 e. The average Bonchev–Trinajstić information content (AvgIpc) is 2.71. The molecule has 27 heavy (non-hydrogen) atoms. The Morgan fingerprint density at radius 1 is 0.704 bits per heavy atom. The van der Waals surface area contributed by atoms with Crippen LogP contribution in [0.4, 0.5) is 11.4 Å². The maximum atomic E-state index is 9.38. The van der Waals surface area contributed by atoms with Gasteiger partial charge in [0.05, 0.1) is 11.4 Å². The summed E-state index contributed by atoms with van der Waals surface area (Å²) in [5.74, 6) is 0. The summed E-state index contributed by atoms with van der Waals surface area (Å²) in [6.07, 6.45) is 7.24. The molecule has 0 radical (unpaired) electrons. The molecule has 0 aliphatic carbocycles. The molecule has 0 amide bonds. The maximum absolute atomic E-state index is 9.38. The van der Waals surface area contributed by atoms with Crippen LogP contribution >= 0.6 is 0 Å². The molecule has 2 atom stereocenters. The molecule has 0 bridgehead atoms. The summed E-state index contributed by atoms with van der Waals surface area (Å²) in [6, 6.07) is 16.8. The predicted octanol–water partition coefficient (Wildman–Crippen LogP) is 5.45. The highest BCUT2D eigenvalue weighted by molar-refractivity contribution is 5.54. The van der Waals surface area contributed by atoms with Gasteiger partial charge in [-0.15, -0.1) is 0 Å². The van der Waals surface area contributed by atoms with E-state index in [1.807, 2.05) is 24.3 Å². The van der Waals surface area contributed by atoms with Gasteiger partial charge in [0.25, 0.3) is 0 Å². The third kappa shape index (κ3) is 5.02. The Balaban J connectivity index is 2.10. The fourth-order valence-corrected chi connectivity index (χ4v) is 2.97. The summed E-state index contributed by atoms with van der Waals surface area (Å²) in [4.78, 5) is 3.51. The molecule has 0 saturated heterocycles. The van der Waals surface area contributed by atoms with Crippen molar-refractivity contribution in [3.05, 3.63) is 59.7 Å². The van der Waals surface area contributed by atoms with E-state index in [0.717, 1.165) is 30.6 Å². The van der Waals surface area contributed by atoms with Gasteiger partial charge in [0.2, 0.25) is 0 Å². The second kappa shape index (κ2) is 9.64. The third-order valence-corrected chi connectivity index (χ3v) is 5.12. The lowest BCUT2D eigenvalue weighted by Crippen LogP contribution is -2.27. The molecule has 0 saturated carbocycles. The first kappa shape index (κ1) is 20.3. The molecule has 4 heteroatoms. The van der Waals surface area contributed by atoms with Crippen LogP contribution < -0.4 is 9.80 Å². The summed E-state index contributed by atoms with van der Waals surface area (Å²) < 4.78 is 0. The average molecular weight is 361 g/mol. The zero-order valence-corrected chi connectivity index (χ0v) is 16.7. The summed E-state index contributed by atoms with van der Waals surface area (Å²) in [5.41, 5.74) is 4.27. The molecule has 0 N–H and O–H groups in total. The summed E-state index contributed by atoms with van der Waals surface area (Å²) >= 11 is 0. The molecule has 2 rings (SSSR count). The van der Waals surface area contributed by atoms with Gasteiger partial charge in [0.15, 0.2) is 12.4 Å². The predicted molar refractivity (Wildman–Crippen MR) is 111 cm³/mol. The molecule has 0 aromatic heterocycles. The molecule has 0 spiro atoms. The van der Waals surface area contributed by atoms with E-state index >= 15 is 0 Å². The van der Waals surface area contributed by atoms with Crippen molar-refractivity contribution in [3.63, 3.8) is 0 Å². The third-order valence-electron chi connectivity index (χ3n) is 5.12. The van der Waals surface area contributed by atoms with Gasteiger partial charge in [-0.05, 0) is 68.5 Å². The number of nitrogens with zero attached hydrogens (tertiary/aromatic N) is 4. The van der Waals surface area contributed by atoms with Gasteiger partial charge in [-0.3, -0.25) is 9.80 Å². The van der Waals surface area contributed by atoms with Gasteiger partial charge in [0.1, 0.15) is 0 Å². The Hall–Kier alpha value is -2.98. The topological polar surface area (TPSA) is 54.1 Å². The number of benzene rings is 2. The van der Waals surface area contributed by atoms with Crippen LogP contribution in [0.15, 0.2) is 48.5 Å². The van der Waals surface area contributed by atoms with Gasteiger partial charge in [0, 0.05) is 12.1 Å². The van der Waals surface area contributed by atoms with Gasteiger partial charge < -0.3 is 0 Å². The van der Waals surface area contributed by atoms with E-state index < -0.39 is 0 Å². The van der Waals surface area contributed by atoms with Crippen molar-refractivity contribution < 1.29 is 0 Å². The first-order valence-electron chi connectivity index (χ1n) is 9.59. The summed E-state index contributed by atoms with van der Waals surface area (Å²) in [7, 11) is 0. The van der Waals surface area contributed by atoms with E-state index in [1.165, 1.54) is 11.1 Å². The lowest BCUT2D eigenvalue weighted by molar-refractivity contribution is 0.689. The molecule has 0 heterocycles. The molecule has 0 aliphatic rings. The molecule has 2 aromatic rings. The van der Waals surface area contributed by atoms with Crippen LogP contribution in [-0.2, 0) is 6.42 Å². The van der Waals surface area contributed by atoms with E-state index in [4.69, 9.17) is 0 Å². The van der Waals surface area contributed by atoms with Gasteiger partial charge in [-0.1, -0.05) is 38.1 Å². The fourth-order valence-electron chi connectivity index (χ4n) is 2.97. The Labute approximate surface area is 163 Å². The molecule has 140 valence electrons. The minimum atomic E-state index is 0.196. The molecule has 2 unspecified atom stereocenters. The van der Waals surface area contributed by atoms with E-state index in [0.29, 0.717) is 0 Å². The van der Waals surface area contributed by atoms with Crippen LogP contribution in [0.1, 0.15) is 51.7 Å². The number of nitriles is 2. The Morgan fingerprint density at radius 2 is 1.04 bits per heavy atom. The molecular weight excluding hydrogens is 332 g/mol. The molecular formula is C23H28N4. The van der Waals surface area contributed by atoms with Gasteiger partial charge in [-0.2, -0.15) is 10.5 Å². The van der Waals surface area contributed by atoms with Gasteiger partial charge >= 0.3 is 0 Å². The Morgan fingerprint density at radius 3 is 1.30 bits per heavy atom. The van der Waals surface area contributed by atoms with Crippen LogP contribution in [-0.4, -0.2) is 12.1 Å². The lowest BCUT2D eigenvalue weighted by atomic mass is 10.0. The van der Waals surface area contributed by atoms with Crippen LogP contribution in [0.25, 0.3) is 0 Å². The highest BCUT2D eigenvalue weighted by atomic mass is 15.2. The monoisotopic (exact) mass is 360 g/mol. The number of hydrogen-bond acceptors (Lipinski definition) is 4. The van der Waals surface area contributed by atoms with Crippen LogP contribution in [0.2, 0.25) is 0 Å². The standard InChI is InChI=1S/C23H28N4/c1-5-18(3)26(16-24)22-11-7-20(8-12-22)15-21-9-13-23(14-10-21)27(17-25)19(4)6-2/h7-14,18-19H,5-6,15H2,1-4H3. The van der Waals surface area contributed by atoms with Crippen molar-refractivity contribution in [2.24, 2.45) is 0 Å². The first-order valence-corrected chi connectivity index (χ1v) is 9.59. The van der Waals surface area contributed by atoms with E-state index in [-0.39, 0.29) is 12.1 Å². The second-order valence-corrected chi connectivity index (χ2v) is 6.96. The lowest BCUT2D eigenvalue weighted by Gasteiger charge is -2.23. The van der Waals surface area contributed by atoms with Crippen LogP contribution in [0, 0.1) is 22.9 Å². The summed E-state index contributed by atoms with van der Waals surface area (Å²) in [5, 5.41) is 18.8. The van der Waals surface area contributed by atoms with Crippen molar-refractivity contribution in [3.8, 4) is 12.4 Å². The zero-order valence-electron chi connectivity index (χ0n) is 16.7. The molecule has 0 aliphatic heterocycles. The highest BCUT2D eigenvalue weighted by Gasteiger charge is 2.13. The zero-order chi connectivity index (χ0) is 19.8. The van der Waals surface area contributed by atoms with Gasteiger partial charge in [-0.25, -0.2) is 0 Å². The quantitative estimate of drug-likeness (QED) is 0.464. The van der Waals surface area contributed by atoms with Crippen molar-refractivity contribution in [1.29, 1.82) is 10.5 Å². The number of anilines is 2. The Bertz CT molecular complexity index is 727. The van der Waals surface area contributed by atoms with E-state index in [1.54, 1.807) is 9.80 Å². The van der Waals surface area contributed by atoms with Crippen molar-refractivity contribution >= 4 is 11.4 Å². The van der Waals surface area contributed by atoms with Crippen LogP contribution in [0.3, 0.4) is 0 Å². The molecule has 4 nitrogen and oxygen atoms in total. The van der Waals surface area contributed by atoms with E-state index in [9.17, 15) is 10.5 Å². The van der Waals surface area contributed by atoms with Crippen molar-refractivity contribution in [1.82, 2.24) is 0 Å². The summed E-state index contributed by atoms with van der Waals surface area (Å²) in [6.45, 7) is 8.29. The first-order chi connectivity index (χ1) is 13.0. The maximum Gasteiger partial charge on any atom is 0.184 e. The van der Waals surface area contributed by atoms with Crippen LogP contribution in [0.5, 0.6) is 0 Å². The second-order valence-electron chi connectivity index (χ2n) is 6.96. The van der Waals surface area contributed by atoms with Crippen molar-refractivity contribution in [2.75, 3.05) is 9.80 Å². The Kier molecular flexibility index (Phi) is 7.26. The van der Waals surface area contributed by atoms with E-state index in [2.05, 4.69) is 64.3 Å². The SMILES string of the molecule is CCC(C)N(C#N)c1ccc(Cc2ccc(N(C#N)C(C)CC)cc2)cc1. The van der Waals surface area contributed by atoms with Crippen molar-refractivity contribution in [2.45, 2.75) is 59.0 Å². The fraction of sp³-hybridized carbons (Fsp3) is 0.391.